The molecular weight excluding hydrogens is 193 g/mol. The predicted molar refractivity (Wildman–Crippen MR) is 56.2 cm³/mol. The molecule has 0 aromatic heterocycles. The van der Waals surface area contributed by atoms with Crippen LogP contribution in [0.25, 0.3) is 0 Å². The molecule has 0 saturated carbocycles. The average Bonchev–Trinajstić information content (AvgIpc) is 2.40. The van der Waals surface area contributed by atoms with E-state index >= 15 is 0 Å². The molecule has 0 fully saturated rings. The van der Waals surface area contributed by atoms with E-state index in [0.717, 1.165) is 11.8 Å². The summed E-state index contributed by atoms with van der Waals surface area (Å²) in [6.45, 7) is 3.98. The molecule has 0 heterocycles. The minimum atomic E-state index is -0.326. The highest BCUT2D eigenvalue weighted by Crippen LogP contribution is 2.45. The smallest absolute Gasteiger partial charge is 0.150 e. The maximum absolute atomic E-state index is 13.6. The van der Waals surface area contributed by atoms with Crippen LogP contribution in [0.2, 0.25) is 0 Å². The Morgan fingerprint density at radius 2 is 2.20 bits per heavy atom. The molecular formula is C12H14FNO. The Morgan fingerprint density at radius 3 is 2.80 bits per heavy atom. The molecule has 1 unspecified atom stereocenters. The first-order valence-electron chi connectivity index (χ1n) is 4.99. The summed E-state index contributed by atoms with van der Waals surface area (Å²) >= 11 is 0. The van der Waals surface area contributed by atoms with Crippen LogP contribution in [0.15, 0.2) is 12.1 Å². The van der Waals surface area contributed by atoms with Crippen molar-refractivity contribution in [2.24, 2.45) is 11.1 Å². The van der Waals surface area contributed by atoms with E-state index in [4.69, 9.17) is 5.73 Å². The third-order valence-corrected chi connectivity index (χ3v) is 3.25. The van der Waals surface area contributed by atoms with Gasteiger partial charge in [-0.3, -0.25) is 4.79 Å². The summed E-state index contributed by atoms with van der Waals surface area (Å²) in [6.07, 6.45) is 1.43. The molecule has 0 amide bonds. The molecule has 2 rings (SSSR count). The number of nitrogens with two attached hydrogens (primary N) is 1. The normalized spacial score (nSPS) is 22.5. The number of carbonyl (C=O) groups excluding carboxylic acids is 1. The second kappa shape index (κ2) is 3.14. The third kappa shape index (κ3) is 1.38. The number of rotatable bonds is 1. The molecule has 1 atom stereocenters. The number of hydrogen-bond acceptors (Lipinski definition) is 2. The molecule has 1 aliphatic rings. The van der Waals surface area contributed by atoms with Gasteiger partial charge >= 0.3 is 0 Å². The zero-order valence-corrected chi connectivity index (χ0v) is 8.88. The molecule has 80 valence electrons. The summed E-state index contributed by atoms with van der Waals surface area (Å²) in [7, 11) is 0. The number of fused-ring (bicyclic) bond motifs is 1. The zero-order valence-electron chi connectivity index (χ0n) is 8.88. The van der Waals surface area contributed by atoms with E-state index in [0.29, 0.717) is 17.5 Å². The summed E-state index contributed by atoms with van der Waals surface area (Å²) < 4.78 is 13.6. The molecule has 0 aliphatic heterocycles. The lowest BCUT2D eigenvalue weighted by Crippen LogP contribution is -2.25. The highest BCUT2D eigenvalue weighted by Gasteiger charge is 2.39. The first-order valence-corrected chi connectivity index (χ1v) is 4.99. The fraction of sp³-hybridized carbons (Fsp3) is 0.417. The molecule has 15 heavy (non-hydrogen) atoms. The third-order valence-electron chi connectivity index (χ3n) is 3.25. The van der Waals surface area contributed by atoms with Gasteiger partial charge in [-0.25, -0.2) is 4.39 Å². The Kier molecular flexibility index (Phi) is 2.15. The number of aldehydes is 1. The van der Waals surface area contributed by atoms with Gasteiger partial charge in [-0.2, -0.15) is 0 Å². The van der Waals surface area contributed by atoms with Crippen LogP contribution in [-0.4, -0.2) is 6.29 Å². The van der Waals surface area contributed by atoms with Gasteiger partial charge in [0.25, 0.3) is 0 Å². The molecule has 0 spiro atoms. The fourth-order valence-electron chi connectivity index (χ4n) is 2.25. The summed E-state index contributed by atoms with van der Waals surface area (Å²) in [5.41, 5.74) is 7.68. The van der Waals surface area contributed by atoms with E-state index in [-0.39, 0.29) is 17.3 Å². The fourth-order valence-corrected chi connectivity index (χ4v) is 2.25. The number of benzene rings is 1. The minimum Gasteiger partial charge on any atom is -0.323 e. The Labute approximate surface area is 88.3 Å². The van der Waals surface area contributed by atoms with Crippen molar-refractivity contribution in [3.8, 4) is 0 Å². The van der Waals surface area contributed by atoms with Crippen molar-refractivity contribution in [2.45, 2.75) is 26.3 Å². The van der Waals surface area contributed by atoms with Crippen molar-refractivity contribution in [1.29, 1.82) is 0 Å². The summed E-state index contributed by atoms with van der Waals surface area (Å²) in [6, 6.07) is 2.52. The van der Waals surface area contributed by atoms with Gasteiger partial charge in [0.2, 0.25) is 0 Å². The van der Waals surface area contributed by atoms with Crippen LogP contribution in [0.4, 0.5) is 4.39 Å². The van der Waals surface area contributed by atoms with Gasteiger partial charge in [0.15, 0.2) is 0 Å². The van der Waals surface area contributed by atoms with E-state index in [2.05, 4.69) is 0 Å². The highest BCUT2D eigenvalue weighted by molar-refractivity contribution is 5.78. The average molecular weight is 207 g/mol. The minimum absolute atomic E-state index is 0.178. The van der Waals surface area contributed by atoms with Gasteiger partial charge in [0.05, 0.1) is 0 Å². The van der Waals surface area contributed by atoms with Crippen molar-refractivity contribution in [3.63, 3.8) is 0 Å². The van der Waals surface area contributed by atoms with Crippen molar-refractivity contribution >= 4 is 6.29 Å². The van der Waals surface area contributed by atoms with Gasteiger partial charge in [-0.05, 0) is 29.5 Å². The highest BCUT2D eigenvalue weighted by atomic mass is 19.1. The number of halogens is 1. The lowest BCUT2D eigenvalue weighted by molar-refractivity contribution is 0.112. The lowest BCUT2D eigenvalue weighted by Gasteiger charge is -2.23. The Balaban J connectivity index is 2.66. The number of hydrogen-bond donors (Lipinski definition) is 1. The summed E-state index contributed by atoms with van der Waals surface area (Å²) in [5, 5.41) is 0. The molecule has 2 nitrogen and oxygen atoms in total. The zero-order chi connectivity index (χ0) is 11.2. The van der Waals surface area contributed by atoms with Crippen LogP contribution in [0.5, 0.6) is 0 Å². The first-order chi connectivity index (χ1) is 6.97. The van der Waals surface area contributed by atoms with E-state index < -0.39 is 0 Å². The molecule has 3 heteroatoms. The molecule has 0 bridgehead atoms. The molecule has 1 aromatic carbocycles. The standard InChI is InChI=1S/C12H14FNO/c1-12(2)5-8-7(6-15)3-4-9(13)10(8)11(12)14/h3-4,6,11H,5,14H2,1-2H3. The van der Waals surface area contributed by atoms with E-state index in [9.17, 15) is 9.18 Å². The van der Waals surface area contributed by atoms with Gasteiger partial charge in [-0.15, -0.1) is 0 Å². The van der Waals surface area contributed by atoms with Crippen LogP contribution in [0.1, 0.15) is 41.4 Å². The van der Waals surface area contributed by atoms with Crippen LogP contribution < -0.4 is 5.73 Å². The molecule has 0 saturated heterocycles. The Hall–Kier alpha value is -1.22. The van der Waals surface area contributed by atoms with Crippen LogP contribution in [0.3, 0.4) is 0 Å². The second-order valence-electron chi connectivity index (χ2n) is 4.79. The second-order valence-corrected chi connectivity index (χ2v) is 4.79. The van der Waals surface area contributed by atoms with Gasteiger partial charge in [-0.1, -0.05) is 13.8 Å². The van der Waals surface area contributed by atoms with Crippen molar-refractivity contribution < 1.29 is 9.18 Å². The largest absolute Gasteiger partial charge is 0.323 e. The topological polar surface area (TPSA) is 43.1 Å². The van der Waals surface area contributed by atoms with Crippen molar-refractivity contribution in [2.75, 3.05) is 0 Å². The molecule has 1 aromatic rings. The van der Waals surface area contributed by atoms with Crippen molar-refractivity contribution in [3.05, 3.63) is 34.6 Å². The lowest BCUT2D eigenvalue weighted by atomic mass is 9.86. The molecule has 0 radical (unpaired) electrons. The Bertz CT molecular complexity index is 426. The number of carbonyl (C=O) groups is 1. The van der Waals surface area contributed by atoms with Crippen LogP contribution >= 0.6 is 0 Å². The van der Waals surface area contributed by atoms with Gasteiger partial charge < -0.3 is 5.73 Å². The first kappa shape index (κ1) is 10.3. The SMILES string of the molecule is CC1(C)Cc2c(C=O)ccc(F)c2C1N. The van der Waals surface area contributed by atoms with Crippen LogP contribution in [-0.2, 0) is 6.42 Å². The van der Waals surface area contributed by atoms with Gasteiger partial charge in [0.1, 0.15) is 12.1 Å². The van der Waals surface area contributed by atoms with E-state index in [1.54, 1.807) is 0 Å². The van der Waals surface area contributed by atoms with Gasteiger partial charge in [0, 0.05) is 17.2 Å². The maximum Gasteiger partial charge on any atom is 0.150 e. The maximum atomic E-state index is 13.6. The van der Waals surface area contributed by atoms with Crippen molar-refractivity contribution in [1.82, 2.24) is 0 Å². The Morgan fingerprint density at radius 1 is 1.53 bits per heavy atom. The monoisotopic (exact) mass is 207 g/mol. The summed E-state index contributed by atoms with van der Waals surface area (Å²) in [4.78, 5) is 10.8. The molecule has 2 N–H and O–H groups in total. The van der Waals surface area contributed by atoms with Crippen LogP contribution in [0, 0.1) is 11.2 Å². The quantitative estimate of drug-likeness (QED) is 0.717. The predicted octanol–water partition coefficient (Wildman–Crippen LogP) is 2.22. The summed E-state index contributed by atoms with van der Waals surface area (Å²) in [5.74, 6) is -0.298. The van der Waals surface area contributed by atoms with E-state index in [1.165, 1.54) is 12.1 Å². The molecule has 1 aliphatic carbocycles. The van der Waals surface area contributed by atoms with E-state index in [1.807, 2.05) is 13.8 Å².